The van der Waals surface area contributed by atoms with E-state index in [0.29, 0.717) is 23.0 Å². The van der Waals surface area contributed by atoms with Gasteiger partial charge in [-0.2, -0.15) is 0 Å². The first-order valence-electron chi connectivity index (χ1n) is 9.59. The highest BCUT2D eigenvalue weighted by atomic mass is 35.5. The molecule has 2 fully saturated rings. The summed E-state index contributed by atoms with van der Waals surface area (Å²) in [4.78, 5) is 25.0. The third kappa shape index (κ3) is 5.36. The Labute approximate surface area is 167 Å². The van der Waals surface area contributed by atoms with Crippen LogP contribution in [0, 0.1) is 17.8 Å². The van der Waals surface area contributed by atoms with Gasteiger partial charge in [-0.25, -0.2) is 0 Å². The number of benzene rings is 1. The summed E-state index contributed by atoms with van der Waals surface area (Å²) in [6, 6.07) is 5.36. The van der Waals surface area contributed by atoms with E-state index in [4.69, 9.17) is 4.74 Å². The predicted molar refractivity (Wildman–Crippen MR) is 110 cm³/mol. The number of hydrogen-bond donors (Lipinski definition) is 3. The van der Waals surface area contributed by atoms with Crippen LogP contribution in [0.15, 0.2) is 18.2 Å². The minimum absolute atomic E-state index is 0. The van der Waals surface area contributed by atoms with E-state index >= 15 is 0 Å². The zero-order chi connectivity index (χ0) is 18.5. The van der Waals surface area contributed by atoms with Gasteiger partial charge in [-0.3, -0.25) is 9.59 Å². The Bertz CT molecular complexity index is 658. The third-order valence-corrected chi connectivity index (χ3v) is 5.63. The first kappa shape index (κ1) is 21.5. The minimum atomic E-state index is -0.0429. The second-order valence-corrected chi connectivity index (χ2v) is 7.44. The summed E-state index contributed by atoms with van der Waals surface area (Å²) < 4.78 is 5.37. The molecule has 27 heavy (non-hydrogen) atoms. The van der Waals surface area contributed by atoms with Crippen LogP contribution in [0.3, 0.4) is 0 Å². The summed E-state index contributed by atoms with van der Waals surface area (Å²) in [6.07, 6.45) is 5.32. The van der Waals surface area contributed by atoms with Gasteiger partial charge in [0.25, 0.3) is 0 Å². The Morgan fingerprint density at radius 1 is 1.15 bits per heavy atom. The molecule has 7 heteroatoms. The summed E-state index contributed by atoms with van der Waals surface area (Å²) in [5, 5.41) is 9.15. The largest absolute Gasteiger partial charge is 0.495 e. The van der Waals surface area contributed by atoms with Crippen molar-refractivity contribution in [3.8, 4) is 5.75 Å². The second kappa shape index (κ2) is 9.95. The van der Waals surface area contributed by atoms with Crippen molar-refractivity contribution in [1.82, 2.24) is 5.32 Å². The highest BCUT2D eigenvalue weighted by Gasteiger charge is 2.29. The van der Waals surface area contributed by atoms with E-state index in [1.165, 1.54) is 6.42 Å². The third-order valence-electron chi connectivity index (χ3n) is 5.63. The van der Waals surface area contributed by atoms with Crippen LogP contribution in [0.5, 0.6) is 5.75 Å². The predicted octanol–water partition coefficient (Wildman–Crippen LogP) is 3.43. The lowest BCUT2D eigenvalue weighted by molar-refractivity contribution is -0.121. The topological polar surface area (TPSA) is 79.5 Å². The fourth-order valence-electron chi connectivity index (χ4n) is 3.62. The molecule has 150 valence electrons. The maximum Gasteiger partial charge on any atom is 0.227 e. The van der Waals surface area contributed by atoms with Crippen LogP contribution in [0.2, 0.25) is 0 Å². The van der Waals surface area contributed by atoms with Gasteiger partial charge in [0.1, 0.15) is 5.75 Å². The van der Waals surface area contributed by atoms with E-state index in [-0.39, 0.29) is 36.1 Å². The number of anilines is 2. The van der Waals surface area contributed by atoms with Crippen LogP contribution >= 0.6 is 12.4 Å². The number of carbonyl (C=O) groups excluding carboxylic acids is 2. The van der Waals surface area contributed by atoms with Crippen molar-refractivity contribution < 1.29 is 14.3 Å². The fourth-order valence-corrected chi connectivity index (χ4v) is 3.62. The SMILES string of the molecule is COc1ccc(NC(=O)C(C)C2CNC2)cc1NC(=O)C1CCCCC1.Cl. The molecule has 1 saturated carbocycles. The van der Waals surface area contributed by atoms with E-state index in [9.17, 15) is 9.59 Å². The van der Waals surface area contributed by atoms with Crippen molar-refractivity contribution >= 4 is 35.6 Å². The molecule has 0 spiro atoms. The van der Waals surface area contributed by atoms with Gasteiger partial charge in [0.2, 0.25) is 11.8 Å². The van der Waals surface area contributed by atoms with E-state index in [1.54, 1.807) is 25.3 Å². The van der Waals surface area contributed by atoms with Crippen LogP contribution in [-0.2, 0) is 9.59 Å². The van der Waals surface area contributed by atoms with Gasteiger partial charge in [-0.1, -0.05) is 26.2 Å². The van der Waals surface area contributed by atoms with Crippen LogP contribution < -0.4 is 20.7 Å². The Morgan fingerprint density at radius 2 is 1.85 bits per heavy atom. The molecule has 2 amide bonds. The van der Waals surface area contributed by atoms with Crippen molar-refractivity contribution in [1.29, 1.82) is 0 Å². The lowest BCUT2D eigenvalue weighted by Crippen LogP contribution is -2.48. The Kier molecular flexibility index (Phi) is 7.92. The normalized spacial score (nSPS) is 18.6. The van der Waals surface area contributed by atoms with Crippen molar-refractivity contribution in [3.05, 3.63) is 18.2 Å². The van der Waals surface area contributed by atoms with Gasteiger partial charge in [0.05, 0.1) is 12.8 Å². The van der Waals surface area contributed by atoms with E-state index in [0.717, 1.165) is 38.8 Å². The van der Waals surface area contributed by atoms with Gasteiger partial charge in [0, 0.05) is 17.5 Å². The van der Waals surface area contributed by atoms with Crippen molar-refractivity contribution in [3.63, 3.8) is 0 Å². The molecule has 0 radical (unpaired) electrons. The zero-order valence-electron chi connectivity index (χ0n) is 16.0. The molecule has 1 aromatic carbocycles. The lowest BCUT2D eigenvalue weighted by atomic mass is 9.88. The summed E-state index contributed by atoms with van der Waals surface area (Å²) in [7, 11) is 1.58. The van der Waals surface area contributed by atoms with Crippen LogP contribution in [0.1, 0.15) is 39.0 Å². The molecule has 3 N–H and O–H groups in total. The molecule has 0 aromatic heterocycles. The molecule has 1 aliphatic carbocycles. The number of amides is 2. The van der Waals surface area contributed by atoms with Gasteiger partial charge < -0.3 is 20.7 Å². The Morgan fingerprint density at radius 3 is 2.44 bits per heavy atom. The highest BCUT2D eigenvalue weighted by Crippen LogP contribution is 2.31. The molecule has 1 aliphatic heterocycles. The van der Waals surface area contributed by atoms with Gasteiger partial charge >= 0.3 is 0 Å². The average Bonchev–Trinajstić information content (AvgIpc) is 2.61. The number of halogens is 1. The molecule has 1 saturated heterocycles. The molecular weight excluding hydrogens is 366 g/mol. The number of methoxy groups -OCH3 is 1. The molecule has 0 bridgehead atoms. The highest BCUT2D eigenvalue weighted by molar-refractivity contribution is 5.97. The van der Waals surface area contributed by atoms with Gasteiger partial charge in [0.15, 0.2) is 0 Å². The van der Waals surface area contributed by atoms with E-state index in [2.05, 4.69) is 16.0 Å². The molecule has 1 atom stereocenters. The van der Waals surface area contributed by atoms with Crippen molar-refractivity contribution in [2.24, 2.45) is 17.8 Å². The molecule has 6 nitrogen and oxygen atoms in total. The first-order valence-corrected chi connectivity index (χ1v) is 9.59. The molecule has 3 rings (SSSR count). The lowest BCUT2D eigenvalue weighted by Gasteiger charge is -2.31. The molecule has 2 aliphatic rings. The zero-order valence-corrected chi connectivity index (χ0v) is 16.9. The smallest absolute Gasteiger partial charge is 0.227 e. The van der Waals surface area contributed by atoms with Crippen molar-refractivity contribution in [2.75, 3.05) is 30.8 Å². The fraction of sp³-hybridized carbons (Fsp3) is 0.600. The van der Waals surface area contributed by atoms with Gasteiger partial charge in [-0.15, -0.1) is 12.4 Å². The number of nitrogens with one attached hydrogen (secondary N) is 3. The number of hydrogen-bond acceptors (Lipinski definition) is 4. The summed E-state index contributed by atoms with van der Waals surface area (Å²) >= 11 is 0. The summed E-state index contributed by atoms with van der Waals surface area (Å²) in [6.45, 7) is 3.73. The van der Waals surface area contributed by atoms with Crippen LogP contribution in [-0.4, -0.2) is 32.0 Å². The van der Waals surface area contributed by atoms with Crippen LogP contribution in [0.25, 0.3) is 0 Å². The minimum Gasteiger partial charge on any atom is -0.495 e. The summed E-state index contributed by atoms with van der Waals surface area (Å²) in [5.74, 6) is 1.06. The maximum atomic E-state index is 12.6. The Hall–Kier alpha value is -1.79. The number of ether oxygens (including phenoxy) is 1. The van der Waals surface area contributed by atoms with Crippen LogP contribution in [0.4, 0.5) is 11.4 Å². The summed E-state index contributed by atoms with van der Waals surface area (Å²) in [5.41, 5.74) is 1.28. The first-order chi connectivity index (χ1) is 12.6. The maximum absolute atomic E-state index is 12.6. The molecular formula is C20H30ClN3O3. The van der Waals surface area contributed by atoms with E-state index < -0.39 is 0 Å². The monoisotopic (exact) mass is 395 g/mol. The standard InChI is InChI=1S/C20H29N3O3.ClH/c1-13(15-11-21-12-15)19(24)22-16-8-9-18(26-2)17(10-16)23-20(25)14-6-4-3-5-7-14;/h8-10,13-15,21H,3-7,11-12H2,1-2H3,(H,22,24)(H,23,25);1H. The second-order valence-electron chi connectivity index (χ2n) is 7.44. The molecule has 1 aromatic rings. The van der Waals surface area contributed by atoms with E-state index in [1.807, 2.05) is 6.92 Å². The quantitative estimate of drug-likeness (QED) is 0.689. The van der Waals surface area contributed by atoms with Crippen molar-refractivity contribution in [2.45, 2.75) is 39.0 Å². The molecule has 1 heterocycles. The Balaban J connectivity index is 0.00000261. The van der Waals surface area contributed by atoms with Gasteiger partial charge in [-0.05, 0) is 50.0 Å². The number of rotatable bonds is 6. The number of carbonyl (C=O) groups is 2. The average molecular weight is 396 g/mol. The molecule has 1 unspecified atom stereocenters.